The van der Waals surface area contributed by atoms with Crippen LogP contribution in [0.5, 0.6) is 0 Å². The van der Waals surface area contributed by atoms with Crippen LogP contribution in [0.3, 0.4) is 0 Å². The molecule has 1 atom stereocenters. The molecule has 1 aliphatic carbocycles. The van der Waals surface area contributed by atoms with E-state index in [0.29, 0.717) is 18.1 Å². The summed E-state index contributed by atoms with van der Waals surface area (Å²) in [5.41, 5.74) is 7.36. The van der Waals surface area contributed by atoms with Crippen LogP contribution in [0.2, 0.25) is 0 Å². The van der Waals surface area contributed by atoms with Gasteiger partial charge in [-0.2, -0.15) is 0 Å². The minimum atomic E-state index is 0.413. The predicted octanol–water partition coefficient (Wildman–Crippen LogP) is 2.15. The second-order valence-electron chi connectivity index (χ2n) is 6.00. The number of likely N-dealkylation sites (N-methyl/N-ethyl adjacent to an activating group) is 1. The van der Waals surface area contributed by atoms with Crippen molar-refractivity contribution in [1.29, 1.82) is 0 Å². The zero-order chi connectivity index (χ0) is 13.7. The Morgan fingerprint density at radius 3 is 2.37 bits per heavy atom. The van der Waals surface area contributed by atoms with E-state index in [9.17, 15) is 0 Å². The molecule has 0 aliphatic heterocycles. The summed E-state index contributed by atoms with van der Waals surface area (Å²) in [4.78, 5) is 2.25. The molecule has 0 aromatic heterocycles. The van der Waals surface area contributed by atoms with Crippen molar-refractivity contribution in [2.75, 3.05) is 20.6 Å². The van der Waals surface area contributed by atoms with Gasteiger partial charge < -0.3 is 16.0 Å². The highest BCUT2D eigenvalue weighted by atomic mass is 15.1. The molecule has 1 unspecified atom stereocenters. The van der Waals surface area contributed by atoms with Crippen LogP contribution >= 0.6 is 0 Å². The molecule has 2 rings (SSSR count). The maximum atomic E-state index is 5.98. The maximum absolute atomic E-state index is 5.98. The van der Waals surface area contributed by atoms with E-state index in [2.05, 4.69) is 54.6 Å². The Hall–Kier alpha value is -0.900. The molecule has 3 nitrogen and oxygen atoms in total. The zero-order valence-electron chi connectivity index (χ0n) is 12.2. The summed E-state index contributed by atoms with van der Waals surface area (Å²) >= 11 is 0. The Bertz CT molecular complexity index is 356. The second kappa shape index (κ2) is 7.04. The van der Waals surface area contributed by atoms with E-state index in [1.807, 2.05) is 0 Å². The van der Waals surface area contributed by atoms with E-state index in [0.717, 1.165) is 19.4 Å². The second-order valence-corrected chi connectivity index (χ2v) is 6.00. The average molecular weight is 261 g/mol. The average Bonchev–Trinajstić information content (AvgIpc) is 2.41. The van der Waals surface area contributed by atoms with E-state index in [-0.39, 0.29) is 0 Å². The molecule has 106 valence electrons. The lowest BCUT2D eigenvalue weighted by Crippen LogP contribution is -2.42. The Morgan fingerprint density at radius 2 is 1.79 bits per heavy atom. The normalized spacial score (nSPS) is 25.5. The quantitative estimate of drug-likeness (QED) is 0.853. The van der Waals surface area contributed by atoms with E-state index in [1.165, 1.54) is 18.4 Å². The van der Waals surface area contributed by atoms with Gasteiger partial charge in [0.15, 0.2) is 0 Å². The van der Waals surface area contributed by atoms with Crippen molar-refractivity contribution in [2.45, 2.75) is 43.8 Å². The highest BCUT2D eigenvalue weighted by Crippen LogP contribution is 2.21. The van der Waals surface area contributed by atoms with Crippen LogP contribution in [0, 0.1) is 0 Å². The van der Waals surface area contributed by atoms with Crippen LogP contribution in [0.15, 0.2) is 30.3 Å². The summed E-state index contributed by atoms with van der Waals surface area (Å²) in [6.07, 6.45) is 4.72. The van der Waals surface area contributed by atoms with Crippen LogP contribution in [-0.2, 0) is 0 Å². The van der Waals surface area contributed by atoms with Gasteiger partial charge in [0.25, 0.3) is 0 Å². The lowest BCUT2D eigenvalue weighted by Gasteiger charge is -2.32. The maximum Gasteiger partial charge on any atom is 0.0451 e. The van der Waals surface area contributed by atoms with Crippen LogP contribution in [0.25, 0.3) is 0 Å². The minimum absolute atomic E-state index is 0.413. The first-order chi connectivity index (χ1) is 9.15. The third kappa shape index (κ3) is 4.60. The molecule has 0 amide bonds. The van der Waals surface area contributed by atoms with Crippen molar-refractivity contribution in [1.82, 2.24) is 10.2 Å². The summed E-state index contributed by atoms with van der Waals surface area (Å²) in [6.45, 7) is 1.03. The third-order valence-electron chi connectivity index (χ3n) is 3.96. The molecule has 3 heteroatoms. The van der Waals surface area contributed by atoms with Crippen LogP contribution < -0.4 is 11.1 Å². The van der Waals surface area contributed by atoms with Gasteiger partial charge in [-0.05, 0) is 45.3 Å². The Morgan fingerprint density at radius 1 is 1.16 bits per heavy atom. The van der Waals surface area contributed by atoms with Gasteiger partial charge in [-0.15, -0.1) is 0 Å². The fraction of sp³-hybridized carbons (Fsp3) is 0.625. The molecular formula is C16H27N3. The number of benzene rings is 1. The molecule has 3 N–H and O–H groups in total. The largest absolute Gasteiger partial charge is 0.328 e. The van der Waals surface area contributed by atoms with E-state index >= 15 is 0 Å². The Kier molecular flexibility index (Phi) is 5.37. The van der Waals surface area contributed by atoms with Gasteiger partial charge in [-0.3, -0.25) is 0 Å². The standard InChI is InChI=1S/C16H27N3/c1-19(2)12-16(13-6-4-3-5-7-13)18-15-10-8-14(17)9-11-15/h3-7,14-16,18H,8-12,17H2,1-2H3. The molecule has 1 aromatic carbocycles. The molecule has 0 spiro atoms. The van der Waals surface area contributed by atoms with Gasteiger partial charge in [0.2, 0.25) is 0 Å². The number of rotatable bonds is 5. The van der Waals surface area contributed by atoms with Gasteiger partial charge in [0, 0.05) is 24.7 Å². The molecular weight excluding hydrogens is 234 g/mol. The summed E-state index contributed by atoms with van der Waals surface area (Å²) in [5.74, 6) is 0. The van der Waals surface area contributed by atoms with Crippen molar-refractivity contribution in [3.8, 4) is 0 Å². The predicted molar refractivity (Wildman–Crippen MR) is 81.1 cm³/mol. The smallest absolute Gasteiger partial charge is 0.0451 e. The van der Waals surface area contributed by atoms with Gasteiger partial charge in [-0.1, -0.05) is 30.3 Å². The van der Waals surface area contributed by atoms with Crippen molar-refractivity contribution >= 4 is 0 Å². The van der Waals surface area contributed by atoms with E-state index in [1.54, 1.807) is 0 Å². The van der Waals surface area contributed by atoms with Crippen LogP contribution in [-0.4, -0.2) is 37.6 Å². The first-order valence-electron chi connectivity index (χ1n) is 7.36. The number of hydrogen-bond acceptors (Lipinski definition) is 3. The topological polar surface area (TPSA) is 41.3 Å². The Balaban J connectivity index is 1.98. The van der Waals surface area contributed by atoms with Crippen molar-refractivity contribution in [3.63, 3.8) is 0 Å². The van der Waals surface area contributed by atoms with Gasteiger partial charge in [0.05, 0.1) is 0 Å². The van der Waals surface area contributed by atoms with Crippen LogP contribution in [0.1, 0.15) is 37.3 Å². The lowest BCUT2D eigenvalue weighted by atomic mass is 9.90. The number of nitrogens with zero attached hydrogens (tertiary/aromatic N) is 1. The summed E-state index contributed by atoms with van der Waals surface area (Å²) in [6, 6.07) is 12.2. The molecule has 1 aliphatic rings. The van der Waals surface area contributed by atoms with Gasteiger partial charge in [-0.25, -0.2) is 0 Å². The zero-order valence-corrected chi connectivity index (χ0v) is 12.2. The molecule has 0 heterocycles. The molecule has 0 saturated heterocycles. The van der Waals surface area contributed by atoms with Crippen molar-refractivity contribution < 1.29 is 0 Å². The van der Waals surface area contributed by atoms with E-state index in [4.69, 9.17) is 5.73 Å². The molecule has 19 heavy (non-hydrogen) atoms. The number of hydrogen-bond donors (Lipinski definition) is 2. The monoisotopic (exact) mass is 261 g/mol. The lowest BCUT2D eigenvalue weighted by molar-refractivity contribution is 0.276. The molecule has 1 aromatic rings. The first-order valence-corrected chi connectivity index (χ1v) is 7.36. The Labute approximate surface area is 117 Å². The third-order valence-corrected chi connectivity index (χ3v) is 3.96. The summed E-state index contributed by atoms with van der Waals surface area (Å²) in [5, 5.41) is 3.83. The molecule has 1 fully saturated rings. The van der Waals surface area contributed by atoms with Crippen molar-refractivity contribution in [3.05, 3.63) is 35.9 Å². The van der Waals surface area contributed by atoms with Gasteiger partial charge in [0.1, 0.15) is 0 Å². The first kappa shape index (κ1) is 14.5. The molecule has 0 radical (unpaired) electrons. The summed E-state index contributed by atoms with van der Waals surface area (Å²) < 4.78 is 0. The number of nitrogens with one attached hydrogen (secondary N) is 1. The van der Waals surface area contributed by atoms with E-state index < -0.39 is 0 Å². The van der Waals surface area contributed by atoms with Crippen LogP contribution in [0.4, 0.5) is 0 Å². The number of nitrogens with two attached hydrogens (primary N) is 1. The fourth-order valence-corrected chi connectivity index (χ4v) is 2.88. The minimum Gasteiger partial charge on any atom is -0.328 e. The van der Waals surface area contributed by atoms with Crippen molar-refractivity contribution in [2.24, 2.45) is 5.73 Å². The van der Waals surface area contributed by atoms with Gasteiger partial charge >= 0.3 is 0 Å². The summed E-state index contributed by atoms with van der Waals surface area (Å²) in [7, 11) is 4.27. The molecule has 1 saturated carbocycles. The molecule has 0 bridgehead atoms. The fourth-order valence-electron chi connectivity index (χ4n) is 2.88. The SMILES string of the molecule is CN(C)CC(NC1CCC(N)CC1)c1ccccc1. The highest BCUT2D eigenvalue weighted by Gasteiger charge is 2.22. The highest BCUT2D eigenvalue weighted by molar-refractivity contribution is 5.19.